The Balaban J connectivity index is 1.87. The Morgan fingerprint density at radius 2 is 2.30 bits per heavy atom. The van der Waals surface area contributed by atoms with Crippen molar-refractivity contribution >= 4 is 5.91 Å². The van der Waals surface area contributed by atoms with E-state index in [1.54, 1.807) is 24.2 Å². The quantitative estimate of drug-likeness (QED) is 0.926. The number of pyridine rings is 1. The molecule has 0 radical (unpaired) electrons. The van der Waals surface area contributed by atoms with E-state index in [0.717, 1.165) is 24.3 Å². The molecule has 20 heavy (non-hydrogen) atoms. The highest BCUT2D eigenvalue weighted by Crippen LogP contribution is 2.29. The van der Waals surface area contributed by atoms with E-state index in [1.165, 1.54) is 12.3 Å². The van der Waals surface area contributed by atoms with Crippen LogP contribution in [0.15, 0.2) is 39.9 Å². The lowest BCUT2D eigenvalue weighted by molar-refractivity contribution is 0.0716. The number of nitrogens with one attached hydrogen (secondary N) is 1. The number of hydrogen-bond donors (Lipinski definition) is 1. The van der Waals surface area contributed by atoms with E-state index < -0.39 is 0 Å². The van der Waals surface area contributed by atoms with Crippen LogP contribution in [-0.2, 0) is 6.54 Å². The average molecular weight is 272 g/mol. The molecule has 1 aliphatic carbocycles. The van der Waals surface area contributed by atoms with Gasteiger partial charge in [0, 0.05) is 24.0 Å². The van der Waals surface area contributed by atoms with Crippen molar-refractivity contribution in [3.05, 3.63) is 57.9 Å². The van der Waals surface area contributed by atoms with Crippen molar-refractivity contribution in [3.8, 4) is 0 Å². The molecule has 1 saturated carbocycles. The lowest BCUT2D eigenvalue weighted by Gasteiger charge is -2.21. The van der Waals surface area contributed by atoms with Crippen LogP contribution in [0.1, 0.15) is 34.7 Å². The summed E-state index contributed by atoms with van der Waals surface area (Å²) in [5.74, 6) is 0.499. The van der Waals surface area contributed by atoms with Gasteiger partial charge < -0.3 is 14.3 Å². The second kappa shape index (κ2) is 5.00. The Labute approximate surface area is 116 Å². The lowest BCUT2D eigenvalue weighted by atomic mass is 10.2. The Morgan fingerprint density at radius 3 is 2.90 bits per heavy atom. The van der Waals surface area contributed by atoms with Crippen molar-refractivity contribution in [2.75, 3.05) is 0 Å². The van der Waals surface area contributed by atoms with Crippen LogP contribution in [0.3, 0.4) is 0 Å². The van der Waals surface area contributed by atoms with Crippen LogP contribution in [0.25, 0.3) is 0 Å². The maximum Gasteiger partial charge on any atom is 0.259 e. The Hall–Kier alpha value is -2.30. The molecule has 0 aliphatic heterocycles. The number of H-pyrrole nitrogens is 1. The third-order valence-electron chi connectivity index (χ3n) is 3.44. The predicted octanol–water partition coefficient (Wildman–Crippen LogP) is 2.08. The fourth-order valence-electron chi connectivity index (χ4n) is 2.22. The minimum atomic E-state index is -0.239. The Bertz CT molecular complexity index is 669. The smallest absolute Gasteiger partial charge is 0.259 e. The van der Waals surface area contributed by atoms with E-state index in [-0.39, 0.29) is 22.9 Å². The number of rotatable bonds is 4. The maximum atomic E-state index is 12.5. The fourth-order valence-corrected chi connectivity index (χ4v) is 2.22. The molecule has 0 atom stereocenters. The maximum absolute atomic E-state index is 12.5. The molecule has 2 aromatic heterocycles. The van der Waals surface area contributed by atoms with Crippen LogP contribution in [0.4, 0.5) is 0 Å². The molecule has 104 valence electrons. The highest BCUT2D eigenvalue weighted by atomic mass is 16.3. The summed E-state index contributed by atoms with van der Waals surface area (Å²) in [4.78, 5) is 29.1. The third-order valence-corrected chi connectivity index (χ3v) is 3.44. The summed E-state index contributed by atoms with van der Waals surface area (Å²) in [6, 6.07) is 5.30. The van der Waals surface area contributed by atoms with Gasteiger partial charge in [0.2, 0.25) is 0 Å². The van der Waals surface area contributed by atoms with Crippen molar-refractivity contribution in [1.82, 2.24) is 9.88 Å². The fraction of sp³-hybridized carbons (Fsp3) is 0.333. The number of nitrogens with zero attached hydrogens (tertiary/aromatic N) is 1. The molecule has 3 rings (SSSR count). The molecule has 0 bridgehead atoms. The van der Waals surface area contributed by atoms with Crippen molar-refractivity contribution < 1.29 is 9.21 Å². The number of carbonyl (C=O) groups excluding carboxylic acids is 1. The average Bonchev–Trinajstić information content (AvgIpc) is 3.12. The van der Waals surface area contributed by atoms with Crippen LogP contribution >= 0.6 is 0 Å². The van der Waals surface area contributed by atoms with Gasteiger partial charge in [-0.1, -0.05) is 0 Å². The van der Waals surface area contributed by atoms with Crippen LogP contribution < -0.4 is 5.43 Å². The lowest BCUT2D eigenvalue weighted by Crippen LogP contribution is -2.35. The number of hydrogen-bond acceptors (Lipinski definition) is 3. The molecule has 1 fully saturated rings. The van der Waals surface area contributed by atoms with Gasteiger partial charge in [-0.3, -0.25) is 9.59 Å². The van der Waals surface area contributed by atoms with Gasteiger partial charge in [-0.05, 0) is 31.9 Å². The monoisotopic (exact) mass is 272 g/mol. The SMILES string of the molecule is Cc1cc(=O)c(C(=O)N(Cc2ccco2)C2CC2)c[nH]1. The summed E-state index contributed by atoms with van der Waals surface area (Å²) in [7, 11) is 0. The first kappa shape index (κ1) is 12.7. The van der Waals surface area contributed by atoms with Gasteiger partial charge in [0.05, 0.1) is 12.8 Å². The van der Waals surface area contributed by atoms with Crippen LogP contribution in [-0.4, -0.2) is 21.8 Å². The highest BCUT2D eigenvalue weighted by molar-refractivity contribution is 5.94. The summed E-state index contributed by atoms with van der Waals surface area (Å²) < 4.78 is 5.30. The van der Waals surface area contributed by atoms with Gasteiger partial charge in [0.15, 0.2) is 5.43 Å². The molecule has 5 nitrogen and oxygen atoms in total. The molecule has 1 N–H and O–H groups in total. The van der Waals surface area contributed by atoms with Crippen LogP contribution in [0.5, 0.6) is 0 Å². The number of amides is 1. The zero-order valence-corrected chi connectivity index (χ0v) is 11.3. The normalized spacial score (nSPS) is 14.2. The van der Waals surface area contributed by atoms with Crippen molar-refractivity contribution in [2.24, 2.45) is 0 Å². The second-order valence-corrected chi connectivity index (χ2v) is 5.14. The number of aryl methyl sites for hydroxylation is 1. The van der Waals surface area contributed by atoms with Crippen molar-refractivity contribution in [1.29, 1.82) is 0 Å². The molecule has 0 saturated heterocycles. The molecule has 1 aliphatic rings. The zero-order valence-electron chi connectivity index (χ0n) is 11.3. The van der Waals surface area contributed by atoms with Crippen LogP contribution in [0, 0.1) is 6.92 Å². The molecule has 0 aromatic carbocycles. The van der Waals surface area contributed by atoms with E-state index in [1.807, 2.05) is 6.07 Å². The Kier molecular flexibility index (Phi) is 3.18. The summed E-state index contributed by atoms with van der Waals surface area (Å²) in [5, 5.41) is 0. The number of carbonyl (C=O) groups is 1. The number of aromatic amines is 1. The zero-order chi connectivity index (χ0) is 14.1. The molecule has 1 amide bonds. The second-order valence-electron chi connectivity index (χ2n) is 5.14. The minimum absolute atomic E-state index is 0.189. The van der Waals surface area contributed by atoms with Gasteiger partial charge in [-0.25, -0.2) is 0 Å². The van der Waals surface area contributed by atoms with Crippen molar-refractivity contribution in [3.63, 3.8) is 0 Å². The van der Waals surface area contributed by atoms with Gasteiger partial charge in [-0.2, -0.15) is 0 Å². The molecule has 2 heterocycles. The largest absolute Gasteiger partial charge is 0.467 e. The highest BCUT2D eigenvalue weighted by Gasteiger charge is 2.34. The van der Waals surface area contributed by atoms with E-state index in [4.69, 9.17) is 4.42 Å². The molecule has 2 aromatic rings. The van der Waals surface area contributed by atoms with E-state index in [2.05, 4.69) is 4.98 Å². The van der Waals surface area contributed by atoms with Gasteiger partial charge in [0.1, 0.15) is 11.3 Å². The number of aromatic nitrogens is 1. The standard InChI is InChI=1S/C15H16N2O3/c1-10-7-14(18)13(8-16-10)15(19)17(11-4-5-11)9-12-3-2-6-20-12/h2-3,6-8,11H,4-5,9H2,1H3,(H,16,18). The van der Waals surface area contributed by atoms with E-state index >= 15 is 0 Å². The molecular weight excluding hydrogens is 256 g/mol. The molecular formula is C15H16N2O3. The van der Waals surface area contributed by atoms with Gasteiger partial charge in [0.25, 0.3) is 5.91 Å². The van der Waals surface area contributed by atoms with Crippen molar-refractivity contribution in [2.45, 2.75) is 32.4 Å². The first-order chi connectivity index (χ1) is 9.65. The van der Waals surface area contributed by atoms with E-state index in [9.17, 15) is 9.59 Å². The molecule has 0 unspecified atom stereocenters. The van der Waals surface area contributed by atoms with E-state index in [0.29, 0.717) is 6.54 Å². The number of furan rings is 1. The topological polar surface area (TPSA) is 66.3 Å². The predicted molar refractivity (Wildman–Crippen MR) is 73.4 cm³/mol. The third kappa shape index (κ3) is 2.52. The van der Waals surface area contributed by atoms with Crippen LogP contribution in [0.2, 0.25) is 0 Å². The minimum Gasteiger partial charge on any atom is -0.467 e. The first-order valence-electron chi connectivity index (χ1n) is 6.68. The summed E-state index contributed by atoms with van der Waals surface area (Å²) in [6.07, 6.45) is 5.05. The van der Waals surface area contributed by atoms with Gasteiger partial charge >= 0.3 is 0 Å². The summed E-state index contributed by atoms with van der Waals surface area (Å²) in [5.41, 5.74) is 0.695. The first-order valence-corrected chi connectivity index (χ1v) is 6.68. The van der Waals surface area contributed by atoms with Gasteiger partial charge in [-0.15, -0.1) is 0 Å². The Morgan fingerprint density at radius 1 is 1.50 bits per heavy atom. The molecule has 5 heteroatoms. The molecule has 0 spiro atoms. The summed E-state index contributed by atoms with van der Waals surface area (Å²) in [6.45, 7) is 2.20. The summed E-state index contributed by atoms with van der Waals surface area (Å²) >= 11 is 0.